The second-order valence-electron chi connectivity index (χ2n) is 4.50. The van der Waals surface area contributed by atoms with Gasteiger partial charge in [-0.15, -0.1) is 0 Å². The molecule has 0 atom stereocenters. The van der Waals surface area contributed by atoms with Crippen molar-refractivity contribution >= 4 is 5.97 Å². The summed E-state index contributed by atoms with van der Waals surface area (Å²) in [5, 5.41) is 12.7. The fourth-order valence-electron chi connectivity index (χ4n) is 2.35. The normalized spacial score (nSPS) is 19.3. The highest BCUT2D eigenvalue weighted by Crippen LogP contribution is 2.33. The summed E-state index contributed by atoms with van der Waals surface area (Å²) >= 11 is 0. The van der Waals surface area contributed by atoms with Crippen LogP contribution in [0.5, 0.6) is 0 Å². The number of carbonyl (C=O) groups is 1. The quantitative estimate of drug-likeness (QED) is 0.796. The maximum atomic E-state index is 11.5. The molecular formula is C13H17NO2. The van der Waals surface area contributed by atoms with Crippen LogP contribution in [0.1, 0.15) is 24.0 Å². The molecule has 0 spiro atoms. The Morgan fingerprint density at radius 1 is 1.25 bits per heavy atom. The SMILES string of the molecule is Cc1ccc(C2(C(=O)O)CCNCC2)cc1. The van der Waals surface area contributed by atoms with Crippen LogP contribution in [0.4, 0.5) is 0 Å². The number of hydrogen-bond donors (Lipinski definition) is 2. The van der Waals surface area contributed by atoms with Crippen LogP contribution in [0, 0.1) is 6.92 Å². The van der Waals surface area contributed by atoms with E-state index in [2.05, 4.69) is 5.32 Å². The van der Waals surface area contributed by atoms with Crippen molar-refractivity contribution in [3.63, 3.8) is 0 Å². The highest BCUT2D eigenvalue weighted by Gasteiger charge is 2.41. The molecule has 0 amide bonds. The molecule has 2 rings (SSSR count). The van der Waals surface area contributed by atoms with E-state index in [-0.39, 0.29) is 0 Å². The summed E-state index contributed by atoms with van der Waals surface area (Å²) in [6.45, 7) is 3.57. The van der Waals surface area contributed by atoms with Crippen molar-refractivity contribution in [3.05, 3.63) is 35.4 Å². The van der Waals surface area contributed by atoms with Crippen LogP contribution in [0.25, 0.3) is 0 Å². The number of rotatable bonds is 2. The van der Waals surface area contributed by atoms with E-state index in [1.807, 2.05) is 31.2 Å². The Hall–Kier alpha value is -1.35. The lowest BCUT2D eigenvalue weighted by Gasteiger charge is -2.34. The number of aliphatic carboxylic acids is 1. The molecule has 0 unspecified atom stereocenters. The Morgan fingerprint density at radius 2 is 1.81 bits per heavy atom. The highest BCUT2D eigenvalue weighted by atomic mass is 16.4. The lowest BCUT2D eigenvalue weighted by Crippen LogP contribution is -2.45. The first-order valence-corrected chi connectivity index (χ1v) is 5.66. The largest absolute Gasteiger partial charge is 0.481 e. The Bertz CT molecular complexity index is 377. The molecule has 1 aromatic rings. The lowest BCUT2D eigenvalue weighted by atomic mass is 9.73. The van der Waals surface area contributed by atoms with Gasteiger partial charge < -0.3 is 10.4 Å². The minimum atomic E-state index is -0.696. The van der Waals surface area contributed by atoms with Gasteiger partial charge in [-0.2, -0.15) is 0 Å². The number of hydrogen-bond acceptors (Lipinski definition) is 2. The molecule has 1 saturated heterocycles. The summed E-state index contributed by atoms with van der Waals surface area (Å²) in [5.74, 6) is -0.696. The molecule has 0 saturated carbocycles. The van der Waals surface area contributed by atoms with Gasteiger partial charge in [0.1, 0.15) is 0 Å². The minimum absolute atomic E-state index is 0.672. The predicted octanol–water partition coefficient (Wildman–Crippen LogP) is 1.70. The molecule has 0 aromatic heterocycles. The van der Waals surface area contributed by atoms with E-state index in [4.69, 9.17) is 0 Å². The Morgan fingerprint density at radius 3 is 2.31 bits per heavy atom. The molecule has 0 bridgehead atoms. The Labute approximate surface area is 95.5 Å². The van der Waals surface area contributed by atoms with Crippen molar-refractivity contribution in [2.24, 2.45) is 0 Å². The van der Waals surface area contributed by atoms with Gasteiger partial charge in [0.05, 0.1) is 5.41 Å². The van der Waals surface area contributed by atoms with Crippen molar-refractivity contribution in [1.29, 1.82) is 0 Å². The topological polar surface area (TPSA) is 49.3 Å². The van der Waals surface area contributed by atoms with E-state index in [1.165, 1.54) is 5.56 Å². The second kappa shape index (κ2) is 4.26. The molecule has 3 heteroatoms. The van der Waals surface area contributed by atoms with Gasteiger partial charge in [0.15, 0.2) is 0 Å². The van der Waals surface area contributed by atoms with E-state index in [0.717, 1.165) is 18.7 Å². The number of aryl methyl sites for hydroxylation is 1. The molecule has 2 N–H and O–H groups in total. The standard InChI is InChI=1S/C13H17NO2/c1-10-2-4-11(5-3-10)13(12(15)16)6-8-14-9-7-13/h2-5,14H,6-9H2,1H3,(H,15,16). The van der Waals surface area contributed by atoms with Crippen LogP contribution >= 0.6 is 0 Å². The van der Waals surface area contributed by atoms with Gasteiger partial charge in [-0.05, 0) is 38.4 Å². The number of piperidine rings is 1. The third-order valence-corrected chi connectivity index (χ3v) is 3.47. The second-order valence-corrected chi connectivity index (χ2v) is 4.50. The molecule has 1 aliphatic rings. The van der Waals surface area contributed by atoms with Crippen LogP contribution in [-0.4, -0.2) is 24.2 Å². The fraction of sp³-hybridized carbons (Fsp3) is 0.462. The molecule has 1 aromatic carbocycles. The summed E-state index contributed by atoms with van der Waals surface area (Å²) in [6.07, 6.45) is 1.34. The zero-order chi connectivity index (χ0) is 11.6. The number of nitrogens with one attached hydrogen (secondary N) is 1. The van der Waals surface area contributed by atoms with E-state index in [9.17, 15) is 9.90 Å². The molecule has 0 radical (unpaired) electrons. The average Bonchev–Trinajstić information content (AvgIpc) is 2.30. The predicted molar refractivity (Wildman–Crippen MR) is 62.6 cm³/mol. The first-order chi connectivity index (χ1) is 7.65. The summed E-state index contributed by atoms with van der Waals surface area (Å²) in [7, 11) is 0. The van der Waals surface area contributed by atoms with Gasteiger partial charge in [-0.3, -0.25) is 4.79 Å². The zero-order valence-electron chi connectivity index (χ0n) is 9.49. The highest BCUT2D eigenvalue weighted by molar-refractivity contribution is 5.81. The monoisotopic (exact) mass is 219 g/mol. The Kier molecular flexibility index (Phi) is 2.97. The van der Waals surface area contributed by atoms with Gasteiger partial charge in [-0.25, -0.2) is 0 Å². The molecule has 86 valence electrons. The number of benzene rings is 1. The number of carboxylic acid groups (broad SMARTS) is 1. The average molecular weight is 219 g/mol. The van der Waals surface area contributed by atoms with Crippen molar-refractivity contribution in [3.8, 4) is 0 Å². The van der Waals surface area contributed by atoms with Gasteiger partial charge in [0.2, 0.25) is 0 Å². The zero-order valence-corrected chi connectivity index (χ0v) is 9.49. The van der Waals surface area contributed by atoms with Crippen molar-refractivity contribution < 1.29 is 9.90 Å². The van der Waals surface area contributed by atoms with E-state index >= 15 is 0 Å². The summed E-state index contributed by atoms with van der Waals surface area (Å²) < 4.78 is 0. The first-order valence-electron chi connectivity index (χ1n) is 5.66. The van der Waals surface area contributed by atoms with Gasteiger partial charge in [0.25, 0.3) is 0 Å². The van der Waals surface area contributed by atoms with Crippen LogP contribution in [0.3, 0.4) is 0 Å². The molecule has 1 aliphatic heterocycles. The summed E-state index contributed by atoms with van der Waals surface area (Å²) in [4.78, 5) is 11.5. The first kappa shape index (κ1) is 11.1. The van der Waals surface area contributed by atoms with Crippen LogP contribution in [0.15, 0.2) is 24.3 Å². The van der Waals surface area contributed by atoms with Gasteiger partial charge in [-0.1, -0.05) is 29.8 Å². The minimum Gasteiger partial charge on any atom is -0.481 e. The molecule has 3 nitrogen and oxygen atoms in total. The molecule has 1 fully saturated rings. The third kappa shape index (κ3) is 1.83. The summed E-state index contributed by atoms with van der Waals surface area (Å²) in [5.41, 5.74) is 1.42. The summed E-state index contributed by atoms with van der Waals surface area (Å²) in [6, 6.07) is 7.88. The van der Waals surface area contributed by atoms with Gasteiger partial charge >= 0.3 is 5.97 Å². The van der Waals surface area contributed by atoms with Crippen molar-refractivity contribution in [1.82, 2.24) is 5.32 Å². The smallest absolute Gasteiger partial charge is 0.314 e. The molecule has 1 heterocycles. The third-order valence-electron chi connectivity index (χ3n) is 3.47. The fourth-order valence-corrected chi connectivity index (χ4v) is 2.35. The maximum Gasteiger partial charge on any atom is 0.314 e. The number of carboxylic acids is 1. The van der Waals surface area contributed by atoms with Crippen LogP contribution in [0.2, 0.25) is 0 Å². The lowest BCUT2D eigenvalue weighted by molar-refractivity contribution is -0.145. The molecule has 0 aliphatic carbocycles. The van der Waals surface area contributed by atoms with Gasteiger partial charge in [0, 0.05) is 0 Å². The van der Waals surface area contributed by atoms with Crippen molar-refractivity contribution in [2.45, 2.75) is 25.2 Å². The van der Waals surface area contributed by atoms with Crippen LogP contribution in [-0.2, 0) is 10.2 Å². The van der Waals surface area contributed by atoms with E-state index in [0.29, 0.717) is 12.8 Å². The Balaban J connectivity index is 2.38. The van der Waals surface area contributed by atoms with Crippen LogP contribution < -0.4 is 5.32 Å². The molecule has 16 heavy (non-hydrogen) atoms. The van der Waals surface area contributed by atoms with E-state index in [1.54, 1.807) is 0 Å². The van der Waals surface area contributed by atoms with Crippen molar-refractivity contribution in [2.75, 3.05) is 13.1 Å². The molecular weight excluding hydrogens is 202 g/mol. The van der Waals surface area contributed by atoms with E-state index < -0.39 is 11.4 Å². The maximum absolute atomic E-state index is 11.5.